The maximum atomic E-state index is 12.9. The van der Waals surface area contributed by atoms with E-state index in [-0.39, 0.29) is 19.1 Å². The third-order valence-corrected chi connectivity index (χ3v) is 6.17. The first kappa shape index (κ1) is 20.2. The number of rotatable bonds is 6. The van der Waals surface area contributed by atoms with Gasteiger partial charge in [0.05, 0.1) is 33.6 Å². The Morgan fingerprint density at radius 1 is 1.13 bits per heavy atom. The van der Waals surface area contributed by atoms with Crippen LogP contribution in [-0.4, -0.2) is 34.6 Å². The maximum absolute atomic E-state index is 12.9. The van der Waals surface area contributed by atoms with Crippen LogP contribution >= 0.6 is 22.7 Å². The number of para-hydroxylation sites is 1. The van der Waals surface area contributed by atoms with Crippen LogP contribution in [0.3, 0.4) is 0 Å². The van der Waals surface area contributed by atoms with E-state index in [2.05, 4.69) is 9.98 Å². The summed E-state index contributed by atoms with van der Waals surface area (Å²) in [6, 6.07) is 10.9. The molecule has 0 spiro atoms. The summed E-state index contributed by atoms with van der Waals surface area (Å²) in [5, 5.41) is 0. The fraction of sp³-hybridized carbons (Fsp3) is 0.238. The third-order valence-electron chi connectivity index (χ3n) is 4.33. The van der Waals surface area contributed by atoms with Crippen LogP contribution in [0.4, 0.5) is 0 Å². The van der Waals surface area contributed by atoms with Crippen molar-refractivity contribution in [1.29, 1.82) is 0 Å². The first-order chi connectivity index (χ1) is 14.6. The molecule has 1 amide bonds. The zero-order valence-corrected chi connectivity index (χ0v) is 18.1. The number of aromatic nitrogens is 2. The zero-order chi connectivity index (χ0) is 21.1. The van der Waals surface area contributed by atoms with Crippen molar-refractivity contribution in [3.63, 3.8) is 0 Å². The molecule has 0 aliphatic rings. The minimum absolute atomic E-state index is 0.0576. The topological polar surface area (TPSA) is 82.8 Å². The first-order valence-corrected chi connectivity index (χ1v) is 11.1. The number of esters is 1. The molecule has 4 rings (SSSR count). The van der Waals surface area contributed by atoms with Crippen LogP contribution in [0.2, 0.25) is 0 Å². The molecule has 0 aliphatic carbocycles. The van der Waals surface area contributed by atoms with Crippen molar-refractivity contribution in [1.82, 2.24) is 9.55 Å². The molecule has 0 radical (unpaired) electrons. The van der Waals surface area contributed by atoms with E-state index in [4.69, 9.17) is 9.47 Å². The Labute approximate surface area is 180 Å². The summed E-state index contributed by atoms with van der Waals surface area (Å²) in [5.74, 6) is -0.147. The minimum Gasteiger partial charge on any atom is -0.492 e. The average molecular weight is 442 g/mol. The summed E-state index contributed by atoms with van der Waals surface area (Å²) in [6.07, 6.45) is 0. The molecule has 154 valence electrons. The van der Waals surface area contributed by atoms with E-state index in [0.29, 0.717) is 22.7 Å². The summed E-state index contributed by atoms with van der Waals surface area (Å²) < 4.78 is 14.3. The molecule has 2 heterocycles. The Hall–Kier alpha value is -3.04. The fourth-order valence-corrected chi connectivity index (χ4v) is 4.84. The van der Waals surface area contributed by atoms with E-state index < -0.39 is 5.97 Å². The molecule has 0 atom stereocenters. The normalized spacial score (nSPS) is 11.9. The molecule has 2 aromatic heterocycles. The van der Waals surface area contributed by atoms with Gasteiger partial charge >= 0.3 is 5.97 Å². The van der Waals surface area contributed by atoms with E-state index >= 15 is 0 Å². The van der Waals surface area contributed by atoms with Gasteiger partial charge in [0.1, 0.15) is 17.8 Å². The fourth-order valence-electron chi connectivity index (χ4n) is 3.08. The maximum Gasteiger partial charge on any atom is 0.326 e. The standard InChI is InChI=1S/C21H19N3O4S2/c1-3-27-15-6-5-7-16-19(15)24(11-18(25)28-4-2)21(30-16)23-20(26)13-8-9-14-17(10-13)29-12-22-14/h5-10,12H,3-4,11H2,1-2H3. The summed E-state index contributed by atoms with van der Waals surface area (Å²) in [4.78, 5) is 34.1. The van der Waals surface area contributed by atoms with Crippen LogP contribution in [0.5, 0.6) is 5.75 Å². The number of fused-ring (bicyclic) bond motifs is 2. The van der Waals surface area contributed by atoms with Gasteiger partial charge in [0.15, 0.2) is 4.80 Å². The number of thiazole rings is 2. The van der Waals surface area contributed by atoms with Gasteiger partial charge in [-0.25, -0.2) is 4.98 Å². The Balaban J connectivity index is 1.84. The van der Waals surface area contributed by atoms with Gasteiger partial charge in [-0.2, -0.15) is 4.99 Å². The number of benzene rings is 2. The van der Waals surface area contributed by atoms with Gasteiger partial charge in [0.2, 0.25) is 0 Å². The van der Waals surface area contributed by atoms with Crippen molar-refractivity contribution in [2.24, 2.45) is 4.99 Å². The molecule has 4 aromatic rings. The lowest BCUT2D eigenvalue weighted by Crippen LogP contribution is -2.23. The number of carbonyl (C=O) groups excluding carboxylic acids is 2. The summed E-state index contributed by atoms with van der Waals surface area (Å²) >= 11 is 2.80. The van der Waals surface area contributed by atoms with E-state index in [1.807, 2.05) is 25.1 Å². The Bertz CT molecular complexity index is 1300. The second-order valence-electron chi connectivity index (χ2n) is 6.26. The smallest absolute Gasteiger partial charge is 0.326 e. The number of amides is 1. The third kappa shape index (κ3) is 3.99. The molecule has 0 saturated heterocycles. The molecule has 2 aromatic carbocycles. The average Bonchev–Trinajstić information content (AvgIpc) is 3.33. The van der Waals surface area contributed by atoms with Crippen LogP contribution in [-0.2, 0) is 16.1 Å². The van der Waals surface area contributed by atoms with Crippen LogP contribution in [0.1, 0.15) is 24.2 Å². The highest BCUT2D eigenvalue weighted by Crippen LogP contribution is 2.28. The van der Waals surface area contributed by atoms with Crippen LogP contribution in [0.15, 0.2) is 46.9 Å². The predicted octanol–water partition coefficient (Wildman–Crippen LogP) is 4.02. The second kappa shape index (κ2) is 8.76. The number of nitrogens with zero attached hydrogens (tertiary/aromatic N) is 3. The zero-order valence-electron chi connectivity index (χ0n) is 16.5. The Morgan fingerprint density at radius 3 is 2.80 bits per heavy atom. The highest BCUT2D eigenvalue weighted by Gasteiger charge is 2.16. The molecular weight excluding hydrogens is 422 g/mol. The van der Waals surface area contributed by atoms with Crippen molar-refractivity contribution in [2.75, 3.05) is 13.2 Å². The predicted molar refractivity (Wildman–Crippen MR) is 117 cm³/mol. The van der Waals surface area contributed by atoms with E-state index in [0.717, 1.165) is 20.4 Å². The van der Waals surface area contributed by atoms with Gasteiger partial charge in [-0.1, -0.05) is 17.4 Å². The van der Waals surface area contributed by atoms with Crippen molar-refractivity contribution in [2.45, 2.75) is 20.4 Å². The van der Waals surface area contributed by atoms with Gasteiger partial charge < -0.3 is 14.0 Å². The minimum atomic E-state index is -0.400. The van der Waals surface area contributed by atoms with Crippen LogP contribution in [0.25, 0.3) is 20.4 Å². The monoisotopic (exact) mass is 441 g/mol. The number of carbonyl (C=O) groups is 2. The lowest BCUT2D eigenvalue weighted by molar-refractivity contribution is -0.143. The van der Waals surface area contributed by atoms with Crippen molar-refractivity contribution >= 4 is 55.0 Å². The second-order valence-corrected chi connectivity index (χ2v) is 8.16. The SMILES string of the molecule is CCOC(=O)Cn1c(=NC(=O)c2ccc3ncsc3c2)sc2cccc(OCC)c21. The lowest BCUT2D eigenvalue weighted by atomic mass is 10.2. The quantitative estimate of drug-likeness (QED) is 0.422. The summed E-state index contributed by atoms with van der Waals surface area (Å²) in [6.45, 7) is 4.35. The van der Waals surface area contributed by atoms with Crippen molar-refractivity contribution in [3.05, 3.63) is 52.3 Å². The van der Waals surface area contributed by atoms with Crippen LogP contribution in [0, 0.1) is 0 Å². The molecule has 0 fully saturated rings. The summed E-state index contributed by atoms with van der Waals surface area (Å²) in [5.41, 5.74) is 3.78. The highest BCUT2D eigenvalue weighted by atomic mass is 32.1. The van der Waals surface area contributed by atoms with E-state index in [9.17, 15) is 9.59 Å². The lowest BCUT2D eigenvalue weighted by Gasteiger charge is -2.09. The van der Waals surface area contributed by atoms with Gasteiger partial charge in [0, 0.05) is 5.56 Å². The van der Waals surface area contributed by atoms with Crippen molar-refractivity contribution in [3.8, 4) is 5.75 Å². The molecule has 0 bridgehead atoms. The van der Waals surface area contributed by atoms with Crippen LogP contribution < -0.4 is 9.54 Å². The highest BCUT2D eigenvalue weighted by molar-refractivity contribution is 7.17. The van der Waals surface area contributed by atoms with Gasteiger partial charge in [-0.3, -0.25) is 9.59 Å². The van der Waals surface area contributed by atoms with E-state index in [1.54, 1.807) is 35.2 Å². The molecule has 30 heavy (non-hydrogen) atoms. The van der Waals surface area contributed by atoms with Gasteiger partial charge in [-0.15, -0.1) is 11.3 Å². The first-order valence-electron chi connectivity index (χ1n) is 9.43. The molecule has 0 saturated carbocycles. The molecule has 9 heteroatoms. The largest absolute Gasteiger partial charge is 0.492 e. The number of ether oxygens (including phenoxy) is 2. The van der Waals surface area contributed by atoms with Gasteiger partial charge in [-0.05, 0) is 44.2 Å². The Morgan fingerprint density at radius 2 is 2.00 bits per heavy atom. The molecule has 7 nitrogen and oxygen atoms in total. The van der Waals surface area contributed by atoms with Gasteiger partial charge in [0.25, 0.3) is 5.91 Å². The molecule has 0 unspecified atom stereocenters. The number of hydrogen-bond donors (Lipinski definition) is 0. The molecule has 0 aliphatic heterocycles. The van der Waals surface area contributed by atoms with Crippen molar-refractivity contribution < 1.29 is 19.1 Å². The Kier molecular flexibility index (Phi) is 5.91. The summed E-state index contributed by atoms with van der Waals surface area (Å²) in [7, 11) is 0. The molecule has 0 N–H and O–H groups in total. The van der Waals surface area contributed by atoms with E-state index in [1.165, 1.54) is 22.7 Å². The molecular formula is C21H19N3O4S2. The number of hydrogen-bond acceptors (Lipinski definition) is 7.